The summed E-state index contributed by atoms with van der Waals surface area (Å²) >= 11 is 0. The SMILES string of the molecule is CCC(CC)n1nc2c(c1N)C(C)(C)CC2. The van der Waals surface area contributed by atoms with Gasteiger partial charge in [0.25, 0.3) is 0 Å². The Balaban J connectivity index is 2.46. The molecule has 1 heterocycles. The summed E-state index contributed by atoms with van der Waals surface area (Å²) in [5.74, 6) is 0.909. The Hall–Kier alpha value is -0.990. The van der Waals surface area contributed by atoms with E-state index in [1.165, 1.54) is 17.7 Å². The first-order chi connectivity index (χ1) is 7.51. The van der Waals surface area contributed by atoms with E-state index in [2.05, 4.69) is 32.4 Å². The maximum absolute atomic E-state index is 6.28. The van der Waals surface area contributed by atoms with E-state index in [-0.39, 0.29) is 5.41 Å². The molecule has 1 aliphatic rings. The van der Waals surface area contributed by atoms with Crippen molar-refractivity contribution in [2.75, 3.05) is 5.73 Å². The van der Waals surface area contributed by atoms with Gasteiger partial charge in [0.1, 0.15) is 5.82 Å². The van der Waals surface area contributed by atoms with E-state index in [1.54, 1.807) is 0 Å². The Labute approximate surface area is 98.0 Å². The van der Waals surface area contributed by atoms with Crippen molar-refractivity contribution in [3.63, 3.8) is 0 Å². The van der Waals surface area contributed by atoms with E-state index >= 15 is 0 Å². The van der Waals surface area contributed by atoms with Crippen molar-refractivity contribution in [2.45, 2.75) is 64.8 Å². The molecule has 90 valence electrons. The minimum Gasteiger partial charge on any atom is -0.384 e. The fourth-order valence-corrected chi connectivity index (χ4v) is 2.88. The zero-order valence-corrected chi connectivity index (χ0v) is 10.9. The average Bonchev–Trinajstić information content (AvgIpc) is 2.70. The summed E-state index contributed by atoms with van der Waals surface area (Å²) in [5, 5.41) is 4.72. The number of nitrogen functional groups attached to an aromatic ring is 1. The molecule has 0 fully saturated rings. The second-order valence-corrected chi connectivity index (χ2v) is 5.51. The van der Waals surface area contributed by atoms with Gasteiger partial charge >= 0.3 is 0 Å². The van der Waals surface area contributed by atoms with E-state index < -0.39 is 0 Å². The highest BCUT2D eigenvalue weighted by Crippen LogP contribution is 2.42. The third-order valence-electron chi connectivity index (χ3n) is 3.97. The molecule has 0 amide bonds. The summed E-state index contributed by atoms with van der Waals surface area (Å²) in [6.07, 6.45) is 4.46. The van der Waals surface area contributed by atoms with Crippen LogP contribution in [0.25, 0.3) is 0 Å². The number of hydrogen-bond acceptors (Lipinski definition) is 2. The van der Waals surface area contributed by atoms with Crippen LogP contribution in [0.2, 0.25) is 0 Å². The first kappa shape index (κ1) is 11.5. The lowest BCUT2D eigenvalue weighted by molar-refractivity contribution is 0.425. The normalized spacial score (nSPS) is 18.1. The van der Waals surface area contributed by atoms with Gasteiger partial charge in [0.15, 0.2) is 0 Å². The lowest BCUT2D eigenvalue weighted by Crippen LogP contribution is -2.18. The van der Waals surface area contributed by atoms with Crippen molar-refractivity contribution >= 4 is 5.82 Å². The highest BCUT2D eigenvalue weighted by molar-refractivity contribution is 5.51. The second kappa shape index (κ2) is 3.79. The number of rotatable bonds is 3. The summed E-state index contributed by atoms with van der Waals surface area (Å²) in [7, 11) is 0. The smallest absolute Gasteiger partial charge is 0.126 e. The molecule has 0 radical (unpaired) electrons. The number of fused-ring (bicyclic) bond motifs is 1. The molecule has 1 aliphatic carbocycles. The summed E-state index contributed by atoms with van der Waals surface area (Å²) < 4.78 is 2.06. The van der Waals surface area contributed by atoms with Crippen molar-refractivity contribution in [1.82, 2.24) is 9.78 Å². The molecule has 0 bridgehead atoms. The van der Waals surface area contributed by atoms with Gasteiger partial charge < -0.3 is 5.73 Å². The molecule has 0 saturated carbocycles. The number of hydrogen-bond donors (Lipinski definition) is 1. The van der Waals surface area contributed by atoms with E-state index in [1.807, 2.05) is 0 Å². The molecule has 2 N–H and O–H groups in total. The Morgan fingerprint density at radius 2 is 2.00 bits per heavy atom. The molecule has 1 aromatic rings. The summed E-state index contributed by atoms with van der Waals surface area (Å²) in [6, 6.07) is 0.460. The van der Waals surface area contributed by atoms with Crippen LogP contribution in [0, 0.1) is 0 Å². The van der Waals surface area contributed by atoms with Crippen molar-refractivity contribution < 1.29 is 0 Å². The molecule has 0 aliphatic heterocycles. The van der Waals surface area contributed by atoms with E-state index in [0.717, 1.165) is 25.1 Å². The van der Waals surface area contributed by atoms with Gasteiger partial charge in [-0.15, -0.1) is 0 Å². The summed E-state index contributed by atoms with van der Waals surface area (Å²) in [5.41, 5.74) is 9.03. The number of aryl methyl sites for hydroxylation is 1. The number of nitrogens with zero attached hydrogens (tertiary/aromatic N) is 2. The Morgan fingerprint density at radius 3 is 2.50 bits per heavy atom. The largest absolute Gasteiger partial charge is 0.384 e. The molecule has 0 aromatic carbocycles. The quantitative estimate of drug-likeness (QED) is 0.852. The number of aromatic nitrogens is 2. The topological polar surface area (TPSA) is 43.8 Å². The average molecular weight is 221 g/mol. The summed E-state index contributed by atoms with van der Waals surface area (Å²) in [6.45, 7) is 8.94. The monoisotopic (exact) mass is 221 g/mol. The van der Waals surface area contributed by atoms with Gasteiger partial charge in [-0.25, -0.2) is 4.68 Å². The molecule has 16 heavy (non-hydrogen) atoms. The second-order valence-electron chi connectivity index (χ2n) is 5.51. The van der Waals surface area contributed by atoms with Crippen molar-refractivity contribution in [3.8, 4) is 0 Å². The Bertz CT molecular complexity index is 386. The van der Waals surface area contributed by atoms with Crippen LogP contribution >= 0.6 is 0 Å². The van der Waals surface area contributed by atoms with Crippen molar-refractivity contribution in [3.05, 3.63) is 11.3 Å². The fourth-order valence-electron chi connectivity index (χ4n) is 2.88. The van der Waals surface area contributed by atoms with E-state index in [0.29, 0.717) is 6.04 Å². The first-order valence-electron chi connectivity index (χ1n) is 6.38. The maximum Gasteiger partial charge on any atom is 0.126 e. The highest BCUT2D eigenvalue weighted by Gasteiger charge is 2.36. The lowest BCUT2D eigenvalue weighted by atomic mass is 9.87. The van der Waals surface area contributed by atoms with Gasteiger partial charge in [-0.1, -0.05) is 27.7 Å². The maximum atomic E-state index is 6.28. The molecule has 0 saturated heterocycles. The zero-order chi connectivity index (χ0) is 11.9. The Morgan fingerprint density at radius 1 is 1.38 bits per heavy atom. The lowest BCUT2D eigenvalue weighted by Gasteiger charge is -2.21. The van der Waals surface area contributed by atoms with Crippen LogP contribution in [0.15, 0.2) is 0 Å². The van der Waals surface area contributed by atoms with Crippen LogP contribution in [-0.2, 0) is 11.8 Å². The van der Waals surface area contributed by atoms with Gasteiger partial charge in [-0.3, -0.25) is 0 Å². The van der Waals surface area contributed by atoms with Crippen LogP contribution in [0.4, 0.5) is 5.82 Å². The molecule has 3 heteroatoms. The third-order valence-corrected chi connectivity index (χ3v) is 3.97. The standard InChI is InChI=1S/C13H23N3/c1-5-9(6-2)16-12(14)11-10(15-16)7-8-13(11,3)4/h9H,5-8,14H2,1-4H3. The minimum absolute atomic E-state index is 0.212. The van der Waals surface area contributed by atoms with Crippen LogP contribution in [0.1, 0.15) is 64.3 Å². The third kappa shape index (κ3) is 1.53. The van der Waals surface area contributed by atoms with E-state index in [9.17, 15) is 0 Å². The van der Waals surface area contributed by atoms with Gasteiger partial charge in [0, 0.05) is 5.56 Å². The molecular formula is C13H23N3. The predicted molar refractivity (Wildman–Crippen MR) is 67.6 cm³/mol. The van der Waals surface area contributed by atoms with Gasteiger partial charge in [-0.05, 0) is 31.1 Å². The van der Waals surface area contributed by atoms with Crippen LogP contribution in [0.5, 0.6) is 0 Å². The van der Waals surface area contributed by atoms with Crippen LogP contribution < -0.4 is 5.73 Å². The van der Waals surface area contributed by atoms with Gasteiger partial charge in [-0.2, -0.15) is 5.10 Å². The minimum atomic E-state index is 0.212. The molecule has 0 spiro atoms. The number of anilines is 1. The molecular weight excluding hydrogens is 198 g/mol. The molecule has 0 unspecified atom stereocenters. The summed E-state index contributed by atoms with van der Waals surface area (Å²) in [4.78, 5) is 0. The molecule has 2 rings (SSSR count). The van der Waals surface area contributed by atoms with Crippen LogP contribution in [-0.4, -0.2) is 9.78 Å². The first-order valence-corrected chi connectivity index (χ1v) is 6.38. The van der Waals surface area contributed by atoms with Crippen molar-refractivity contribution in [1.29, 1.82) is 0 Å². The van der Waals surface area contributed by atoms with Crippen LogP contribution in [0.3, 0.4) is 0 Å². The van der Waals surface area contributed by atoms with Gasteiger partial charge in [0.2, 0.25) is 0 Å². The predicted octanol–water partition coefficient (Wildman–Crippen LogP) is 3.05. The van der Waals surface area contributed by atoms with E-state index in [4.69, 9.17) is 10.8 Å². The van der Waals surface area contributed by atoms with Gasteiger partial charge in [0.05, 0.1) is 11.7 Å². The highest BCUT2D eigenvalue weighted by atomic mass is 15.3. The fraction of sp³-hybridized carbons (Fsp3) is 0.769. The zero-order valence-electron chi connectivity index (χ0n) is 10.9. The molecule has 0 atom stereocenters. The van der Waals surface area contributed by atoms with Crippen molar-refractivity contribution in [2.24, 2.45) is 0 Å². The molecule has 1 aromatic heterocycles. The Kier molecular flexibility index (Phi) is 2.72. The molecule has 3 nitrogen and oxygen atoms in total. The number of nitrogens with two attached hydrogens (primary N) is 1.